The molecule has 6 heterocycles. The highest BCUT2D eigenvalue weighted by Crippen LogP contribution is 2.30. The summed E-state index contributed by atoms with van der Waals surface area (Å²) in [5.74, 6) is 1.34. The van der Waals surface area contributed by atoms with Crippen LogP contribution in [0.1, 0.15) is 44.5 Å². The number of hydrogen-bond donors (Lipinski definition) is 4. The number of aromatic amines is 2. The monoisotopic (exact) mass is 764 g/mol. The summed E-state index contributed by atoms with van der Waals surface area (Å²) in [4.78, 5) is 23.7. The SMILES string of the molecule is FC(F)(F)c1ccc(CNc2ccc(Cc3c[nH]c4ncccc34)cn2)cc1.FC(F)(F)c1ccc(CNc2ccc(Cc3c[nH]c4ncccc34)cn2)cc1. The third-order valence-electron chi connectivity index (χ3n) is 9.02. The molecule has 56 heavy (non-hydrogen) atoms. The van der Waals surface area contributed by atoms with Crippen molar-refractivity contribution in [3.63, 3.8) is 0 Å². The third kappa shape index (κ3) is 9.50. The lowest BCUT2D eigenvalue weighted by Gasteiger charge is -2.09. The molecule has 14 heteroatoms. The smallest absolute Gasteiger partial charge is 0.366 e. The van der Waals surface area contributed by atoms with Gasteiger partial charge in [-0.05, 0) is 94.0 Å². The fraction of sp³-hybridized carbons (Fsp3) is 0.143. The van der Waals surface area contributed by atoms with Crippen molar-refractivity contribution in [2.75, 3.05) is 10.6 Å². The van der Waals surface area contributed by atoms with Crippen molar-refractivity contribution in [1.82, 2.24) is 29.9 Å². The number of nitrogens with zero attached hydrogens (tertiary/aromatic N) is 4. The highest BCUT2D eigenvalue weighted by atomic mass is 19.4. The Morgan fingerprint density at radius 3 is 1.21 bits per heavy atom. The Morgan fingerprint density at radius 1 is 0.464 bits per heavy atom. The molecule has 0 saturated heterocycles. The Kier molecular flexibility index (Phi) is 11.0. The second-order valence-electron chi connectivity index (χ2n) is 13.0. The van der Waals surface area contributed by atoms with Gasteiger partial charge in [0.15, 0.2) is 0 Å². The summed E-state index contributed by atoms with van der Waals surface area (Å²) in [6.07, 6.45) is 3.84. The van der Waals surface area contributed by atoms with Crippen LogP contribution in [0.25, 0.3) is 22.1 Å². The minimum Gasteiger partial charge on any atom is -0.366 e. The van der Waals surface area contributed by atoms with E-state index in [0.29, 0.717) is 24.7 Å². The number of halogens is 6. The van der Waals surface area contributed by atoms with Crippen molar-refractivity contribution in [3.8, 4) is 0 Å². The van der Waals surface area contributed by atoms with E-state index in [1.54, 1.807) is 24.8 Å². The maximum atomic E-state index is 12.6. The Labute approximate surface area is 317 Å². The van der Waals surface area contributed by atoms with E-state index in [9.17, 15) is 26.3 Å². The molecule has 0 saturated carbocycles. The van der Waals surface area contributed by atoms with Gasteiger partial charge in [0.05, 0.1) is 11.1 Å². The van der Waals surface area contributed by atoms with Crippen LogP contribution in [-0.4, -0.2) is 29.9 Å². The molecule has 0 fully saturated rings. The van der Waals surface area contributed by atoms with Crippen LogP contribution >= 0.6 is 0 Å². The largest absolute Gasteiger partial charge is 0.416 e. The number of fused-ring (bicyclic) bond motifs is 2. The second-order valence-corrected chi connectivity index (χ2v) is 13.0. The molecule has 0 radical (unpaired) electrons. The molecule has 284 valence electrons. The molecular formula is C42H34F6N8. The van der Waals surface area contributed by atoms with Crippen LogP contribution in [-0.2, 0) is 38.3 Å². The molecule has 0 unspecified atom stereocenters. The summed E-state index contributed by atoms with van der Waals surface area (Å²) in [6.45, 7) is 0.803. The predicted octanol–water partition coefficient (Wildman–Crippen LogP) is 10.4. The van der Waals surface area contributed by atoms with Gasteiger partial charge in [0, 0.05) is 73.9 Å². The average molecular weight is 765 g/mol. The number of alkyl halides is 6. The van der Waals surface area contributed by atoms with Crippen LogP contribution in [0.5, 0.6) is 0 Å². The fourth-order valence-corrected chi connectivity index (χ4v) is 6.03. The molecule has 0 aliphatic carbocycles. The van der Waals surface area contributed by atoms with Gasteiger partial charge in [0.2, 0.25) is 0 Å². The van der Waals surface area contributed by atoms with Gasteiger partial charge in [0.1, 0.15) is 22.9 Å². The molecule has 0 aliphatic heterocycles. The van der Waals surface area contributed by atoms with Gasteiger partial charge in [-0.3, -0.25) is 0 Å². The first kappa shape index (κ1) is 37.6. The summed E-state index contributed by atoms with van der Waals surface area (Å²) >= 11 is 0. The van der Waals surface area contributed by atoms with E-state index in [0.717, 1.165) is 92.6 Å². The van der Waals surface area contributed by atoms with Crippen LogP contribution < -0.4 is 10.6 Å². The Balaban J connectivity index is 0.000000172. The highest BCUT2D eigenvalue weighted by molar-refractivity contribution is 5.80. The Morgan fingerprint density at radius 2 is 0.857 bits per heavy atom. The maximum absolute atomic E-state index is 12.6. The van der Waals surface area contributed by atoms with Gasteiger partial charge >= 0.3 is 12.4 Å². The predicted molar refractivity (Wildman–Crippen MR) is 204 cm³/mol. The van der Waals surface area contributed by atoms with Gasteiger partial charge in [-0.25, -0.2) is 19.9 Å². The van der Waals surface area contributed by atoms with Crippen LogP contribution in [0.3, 0.4) is 0 Å². The molecule has 0 amide bonds. The van der Waals surface area contributed by atoms with E-state index in [-0.39, 0.29) is 0 Å². The first-order valence-electron chi connectivity index (χ1n) is 17.5. The summed E-state index contributed by atoms with van der Waals surface area (Å²) in [7, 11) is 0. The Hall–Kier alpha value is -6.70. The number of anilines is 2. The number of rotatable bonds is 10. The summed E-state index contributed by atoms with van der Waals surface area (Å²) in [6, 6.07) is 25.8. The summed E-state index contributed by atoms with van der Waals surface area (Å²) < 4.78 is 75.6. The number of nitrogens with one attached hydrogen (secondary N) is 4. The minimum absolute atomic E-state index is 0.401. The lowest BCUT2D eigenvalue weighted by atomic mass is 10.1. The molecular weight excluding hydrogens is 731 g/mol. The van der Waals surface area contributed by atoms with Crippen LogP contribution in [0.2, 0.25) is 0 Å². The van der Waals surface area contributed by atoms with Gasteiger partial charge < -0.3 is 20.6 Å². The van der Waals surface area contributed by atoms with Crippen molar-refractivity contribution in [3.05, 3.63) is 179 Å². The number of aromatic nitrogens is 6. The molecule has 0 bridgehead atoms. The fourth-order valence-electron chi connectivity index (χ4n) is 6.03. The zero-order valence-corrected chi connectivity index (χ0v) is 29.6. The first-order valence-corrected chi connectivity index (χ1v) is 17.5. The number of H-pyrrole nitrogens is 2. The average Bonchev–Trinajstić information content (AvgIpc) is 3.81. The van der Waals surface area contributed by atoms with Gasteiger partial charge in [-0.15, -0.1) is 0 Å². The molecule has 8 aromatic rings. The maximum Gasteiger partial charge on any atom is 0.416 e. The molecule has 4 N–H and O–H groups in total. The van der Waals surface area contributed by atoms with Crippen LogP contribution in [0.15, 0.2) is 134 Å². The molecule has 6 aromatic heterocycles. The standard InChI is InChI=1S/2C21H17F3N4/c2*22-21(23,24)17-6-3-14(4-7-17)11-26-19-8-5-15(12-27-19)10-16-13-28-20-18(16)2-1-9-25-20/h2*1-9,12-13H,10-11H2,(H,25,28)(H,26,27). The van der Waals surface area contributed by atoms with Crippen LogP contribution in [0, 0.1) is 0 Å². The Bertz CT molecular complexity index is 2310. The lowest BCUT2D eigenvalue weighted by molar-refractivity contribution is -0.138. The van der Waals surface area contributed by atoms with E-state index in [1.807, 2.05) is 60.9 Å². The van der Waals surface area contributed by atoms with E-state index < -0.39 is 23.5 Å². The summed E-state index contributed by atoms with van der Waals surface area (Å²) in [5, 5.41) is 8.43. The zero-order chi connectivity index (χ0) is 39.1. The second kappa shape index (κ2) is 16.3. The van der Waals surface area contributed by atoms with Gasteiger partial charge in [-0.1, -0.05) is 36.4 Å². The van der Waals surface area contributed by atoms with E-state index in [2.05, 4.69) is 40.5 Å². The minimum atomic E-state index is -4.32. The zero-order valence-electron chi connectivity index (χ0n) is 29.6. The van der Waals surface area contributed by atoms with Crippen LogP contribution in [0.4, 0.5) is 38.0 Å². The van der Waals surface area contributed by atoms with Gasteiger partial charge in [-0.2, -0.15) is 26.3 Å². The van der Waals surface area contributed by atoms with Crippen molar-refractivity contribution in [1.29, 1.82) is 0 Å². The highest BCUT2D eigenvalue weighted by Gasteiger charge is 2.30. The molecule has 0 atom stereocenters. The van der Waals surface area contributed by atoms with Crippen molar-refractivity contribution < 1.29 is 26.3 Å². The lowest BCUT2D eigenvalue weighted by Crippen LogP contribution is -2.06. The van der Waals surface area contributed by atoms with E-state index in [1.165, 1.54) is 24.3 Å². The van der Waals surface area contributed by atoms with Crippen molar-refractivity contribution >= 4 is 33.7 Å². The van der Waals surface area contributed by atoms with E-state index in [4.69, 9.17) is 0 Å². The number of hydrogen-bond acceptors (Lipinski definition) is 6. The quantitative estimate of drug-likeness (QED) is 0.103. The number of pyridine rings is 4. The first-order chi connectivity index (χ1) is 27.0. The molecule has 8 nitrogen and oxygen atoms in total. The normalized spacial score (nSPS) is 11.7. The number of benzene rings is 2. The molecule has 0 spiro atoms. The molecule has 8 rings (SSSR count). The van der Waals surface area contributed by atoms with Crippen molar-refractivity contribution in [2.24, 2.45) is 0 Å². The third-order valence-corrected chi connectivity index (χ3v) is 9.02. The van der Waals surface area contributed by atoms with E-state index >= 15 is 0 Å². The summed E-state index contributed by atoms with van der Waals surface area (Å²) in [5.41, 5.74) is 6.36. The topological polar surface area (TPSA) is 107 Å². The van der Waals surface area contributed by atoms with Crippen molar-refractivity contribution in [2.45, 2.75) is 38.3 Å². The van der Waals surface area contributed by atoms with Gasteiger partial charge in [0.25, 0.3) is 0 Å². The molecule has 0 aliphatic rings. The molecule has 2 aromatic carbocycles.